The second-order valence-corrected chi connectivity index (χ2v) is 3.57. The van der Waals surface area contributed by atoms with Gasteiger partial charge in [-0.1, -0.05) is 0 Å². The Morgan fingerprint density at radius 2 is 1.80 bits per heavy atom. The lowest BCUT2D eigenvalue weighted by atomic mass is 10.1. The van der Waals surface area contributed by atoms with E-state index in [1.807, 2.05) is 0 Å². The summed E-state index contributed by atoms with van der Waals surface area (Å²) >= 11 is 0. The molecule has 0 aliphatic carbocycles. The Hall–Kier alpha value is -2.25. The highest BCUT2D eigenvalue weighted by molar-refractivity contribution is 5.92. The molecule has 0 atom stereocenters. The van der Waals surface area contributed by atoms with Gasteiger partial charge >= 0.3 is 18.1 Å². The van der Waals surface area contributed by atoms with Crippen molar-refractivity contribution < 1.29 is 37.0 Å². The minimum absolute atomic E-state index is 0.218. The van der Waals surface area contributed by atoms with Gasteiger partial charge in [0.2, 0.25) is 0 Å². The molecule has 8 heteroatoms. The summed E-state index contributed by atoms with van der Waals surface area (Å²) in [5.41, 5.74) is -1.23. The smallest absolute Gasteiger partial charge is 0.416 e. The number of carbonyl (C=O) groups excluding carboxylic acids is 2. The normalized spacial score (nSPS) is 10.8. The molecule has 0 spiro atoms. The second kappa shape index (κ2) is 6.27. The van der Waals surface area contributed by atoms with Crippen molar-refractivity contribution in [1.29, 1.82) is 0 Å². The topological polar surface area (TPSA) is 61.8 Å². The van der Waals surface area contributed by atoms with Crippen molar-refractivity contribution in [3.05, 3.63) is 29.3 Å². The second-order valence-electron chi connectivity index (χ2n) is 3.57. The molecule has 110 valence electrons. The molecule has 0 bridgehead atoms. The summed E-state index contributed by atoms with van der Waals surface area (Å²) < 4.78 is 51.3. The van der Waals surface area contributed by atoms with Crippen LogP contribution < -0.4 is 4.74 Å². The lowest BCUT2D eigenvalue weighted by Crippen LogP contribution is -2.16. The third-order valence-corrected chi connectivity index (χ3v) is 2.29. The first-order valence-corrected chi connectivity index (χ1v) is 5.28. The lowest BCUT2D eigenvalue weighted by Gasteiger charge is -2.13. The zero-order valence-corrected chi connectivity index (χ0v) is 10.6. The van der Waals surface area contributed by atoms with Crippen LogP contribution in [0.4, 0.5) is 13.2 Å². The molecule has 0 amide bonds. The predicted molar refractivity (Wildman–Crippen MR) is 60.3 cm³/mol. The zero-order valence-electron chi connectivity index (χ0n) is 10.6. The maximum atomic E-state index is 12.6. The molecule has 0 radical (unpaired) electrons. The Kier molecular flexibility index (Phi) is 4.95. The molecule has 0 aliphatic heterocycles. The first-order chi connectivity index (χ1) is 9.29. The highest BCUT2D eigenvalue weighted by atomic mass is 19.4. The van der Waals surface area contributed by atoms with E-state index in [1.165, 1.54) is 0 Å². The van der Waals surface area contributed by atoms with E-state index in [1.54, 1.807) is 0 Å². The highest BCUT2D eigenvalue weighted by Crippen LogP contribution is 2.33. The van der Waals surface area contributed by atoms with Crippen LogP contribution in [0.15, 0.2) is 18.2 Å². The number of rotatable bonds is 4. The van der Waals surface area contributed by atoms with Gasteiger partial charge in [0, 0.05) is 0 Å². The molecule has 1 rings (SSSR count). The first-order valence-electron chi connectivity index (χ1n) is 5.28. The largest absolute Gasteiger partial charge is 0.481 e. The molecule has 0 saturated carbocycles. The standard InChI is InChI=1S/C12H11F3O5/c1-18-10(16)6-20-9-5-7(12(13,14)15)3-4-8(9)11(17)19-2/h3-5H,6H2,1-2H3. The van der Waals surface area contributed by atoms with Gasteiger partial charge in [0.1, 0.15) is 11.3 Å². The molecule has 0 aromatic heterocycles. The third-order valence-electron chi connectivity index (χ3n) is 2.29. The molecule has 0 fully saturated rings. The van der Waals surface area contributed by atoms with E-state index >= 15 is 0 Å². The summed E-state index contributed by atoms with van der Waals surface area (Å²) in [7, 11) is 2.17. The summed E-state index contributed by atoms with van der Waals surface area (Å²) in [6, 6.07) is 2.26. The molecule has 0 aliphatic rings. The number of alkyl halides is 3. The molecule has 1 aromatic rings. The van der Waals surface area contributed by atoms with Crippen molar-refractivity contribution in [3.8, 4) is 5.75 Å². The van der Waals surface area contributed by atoms with Crippen LogP contribution in [-0.4, -0.2) is 32.8 Å². The molecule has 1 aromatic carbocycles. The molecule has 0 saturated heterocycles. The number of hydrogen-bond acceptors (Lipinski definition) is 5. The van der Waals surface area contributed by atoms with Crippen molar-refractivity contribution in [2.24, 2.45) is 0 Å². The quantitative estimate of drug-likeness (QED) is 0.795. The molecule has 0 unspecified atom stereocenters. The van der Waals surface area contributed by atoms with Gasteiger partial charge in [0.15, 0.2) is 6.61 Å². The van der Waals surface area contributed by atoms with Crippen molar-refractivity contribution in [2.45, 2.75) is 6.18 Å². The number of benzene rings is 1. The van der Waals surface area contributed by atoms with Crippen LogP contribution in [0.5, 0.6) is 5.75 Å². The maximum Gasteiger partial charge on any atom is 0.416 e. The van der Waals surface area contributed by atoms with Gasteiger partial charge in [-0.25, -0.2) is 9.59 Å². The molecular formula is C12H11F3O5. The number of ether oxygens (including phenoxy) is 3. The molecule has 0 N–H and O–H groups in total. The number of carbonyl (C=O) groups is 2. The van der Waals surface area contributed by atoms with E-state index in [2.05, 4.69) is 9.47 Å². The van der Waals surface area contributed by atoms with Crippen LogP contribution in [-0.2, 0) is 20.4 Å². The van der Waals surface area contributed by atoms with E-state index < -0.39 is 36.0 Å². The predicted octanol–water partition coefficient (Wildman–Crippen LogP) is 2.04. The average Bonchev–Trinajstić information content (AvgIpc) is 2.42. The van der Waals surface area contributed by atoms with Crippen LogP contribution in [0.2, 0.25) is 0 Å². The lowest BCUT2D eigenvalue weighted by molar-refractivity contribution is -0.142. The van der Waals surface area contributed by atoms with Crippen LogP contribution in [0, 0.1) is 0 Å². The maximum absolute atomic E-state index is 12.6. The Bertz CT molecular complexity index is 510. The van der Waals surface area contributed by atoms with Crippen LogP contribution >= 0.6 is 0 Å². The van der Waals surface area contributed by atoms with Crippen molar-refractivity contribution in [3.63, 3.8) is 0 Å². The van der Waals surface area contributed by atoms with Gasteiger partial charge in [-0.15, -0.1) is 0 Å². The Balaban J connectivity index is 3.13. The van der Waals surface area contributed by atoms with Gasteiger partial charge in [0.25, 0.3) is 0 Å². The summed E-state index contributed by atoms with van der Waals surface area (Å²) in [5.74, 6) is -2.08. The SMILES string of the molecule is COC(=O)COc1cc(C(F)(F)F)ccc1C(=O)OC. The number of hydrogen-bond donors (Lipinski definition) is 0. The Morgan fingerprint density at radius 1 is 1.15 bits per heavy atom. The molecule has 20 heavy (non-hydrogen) atoms. The van der Waals surface area contributed by atoms with Crippen molar-refractivity contribution >= 4 is 11.9 Å². The summed E-state index contributed by atoms with van der Waals surface area (Å²) in [4.78, 5) is 22.3. The van der Waals surface area contributed by atoms with E-state index in [9.17, 15) is 22.8 Å². The van der Waals surface area contributed by atoms with Gasteiger partial charge in [-0.2, -0.15) is 13.2 Å². The fourth-order valence-electron chi connectivity index (χ4n) is 1.29. The van der Waals surface area contributed by atoms with Crippen LogP contribution in [0.1, 0.15) is 15.9 Å². The number of halogens is 3. The molecular weight excluding hydrogens is 281 g/mol. The average molecular weight is 292 g/mol. The monoisotopic (exact) mass is 292 g/mol. The third kappa shape index (κ3) is 3.87. The number of methoxy groups -OCH3 is 2. The zero-order chi connectivity index (χ0) is 15.3. The minimum atomic E-state index is -4.60. The van der Waals surface area contributed by atoms with Gasteiger partial charge in [-0.3, -0.25) is 0 Å². The Labute approximate surface area is 112 Å². The first kappa shape index (κ1) is 15.8. The highest BCUT2D eigenvalue weighted by Gasteiger charge is 2.32. The van der Waals surface area contributed by atoms with E-state index in [0.29, 0.717) is 6.07 Å². The number of esters is 2. The van der Waals surface area contributed by atoms with Crippen molar-refractivity contribution in [1.82, 2.24) is 0 Å². The fourth-order valence-corrected chi connectivity index (χ4v) is 1.29. The molecule has 0 heterocycles. The van der Waals surface area contributed by atoms with Crippen LogP contribution in [0.25, 0.3) is 0 Å². The van der Waals surface area contributed by atoms with Crippen molar-refractivity contribution in [2.75, 3.05) is 20.8 Å². The van der Waals surface area contributed by atoms with Crippen LogP contribution in [0.3, 0.4) is 0 Å². The van der Waals surface area contributed by atoms with E-state index in [0.717, 1.165) is 26.4 Å². The molecule has 5 nitrogen and oxygen atoms in total. The van der Waals surface area contributed by atoms with E-state index in [-0.39, 0.29) is 5.56 Å². The van der Waals surface area contributed by atoms with E-state index in [4.69, 9.17) is 4.74 Å². The van der Waals surface area contributed by atoms with Gasteiger partial charge in [0.05, 0.1) is 19.8 Å². The summed E-state index contributed by atoms with van der Waals surface area (Å²) in [5, 5.41) is 0. The fraction of sp³-hybridized carbons (Fsp3) is 0.333. The summed E-state index contributed by atoms with van der Waals surface area (Å²) in [6.45, 7) is -0.623. The minimum Gasteiger partial charge on any atom is -0.481 e. The summed E-state index contributed by atoms with van der Waals surface area (Å²) in [6.07, 6.45) is -4.60. The Morgan fingerprint density at radius 3 is 2.30 bits per heavy atom. The van der Waals surface area contributed by atoms with Gasteiger partial charge < -0.3 is 14.2 Å². The van der Waals surface area contributed by atoms with Gasteiger partial charge in [-0.05, 0) is 18.2 Å².